The van der Waals surface area contributed by atoms with Crippen LogP contribution in [0.2, 0.25) is 0 Å². The number of thioether (sulfide) groups is 1. The lowest BCUT2D eigenvalue weighted by Crippen LogP contribution is -2.56. The molecule has 0 aliphatic carbocycles. The highest BCUT2D eigenvalue weighted by Gasteiger charge is 2.74. The summed E-state index contributed by atoms with van der Waals surface area (Å²) in [6.45, 7) is 8.22. The first-order valence-electron chi connectivity index (χ1n) is 13.6. The van der Waals surface area contributed by atoms with Gasteiger partial charge in [0.25, 0.3) is 0 Å². The second-order valence-electron chi connectivity index (χ2n) is 10.5. The average molecular weight is 547 g/mol. The molecule has 1 spiro atoms. The fourth-order valence-electron chi connectivity index (χ4n) is 6.54. The number of benzene rings is 1. The lowest BCUT2D eigenvalue weighted by Gasteiger charge is -2.36. The standard InChI is InChI=1S/C27H38N4O6S/c1-3-37-19-6-4-18(5-7-19)29-24(33)21-20-8-9-27(38-20)22(21)26(35)31(17(2)16-32)23(27)25(34)28-10-11-30-12-14-36-15-13-30/h4-7,17,20-23,32H,3,8-16H2,1-2H3,(H,28,34)(H,29,33)/t17-,20-,21+,22+,23?,27?/m1/s1. The number of carbonyl (C=O) groups excluding carboxylic acids is 3. The highest BCUT2D eigenvalue weighted by molar-refractivity contribution is 8.02. The molecule has 1 aromatic carbocycles. The van der Waals surface area contributed by atoms with E-state index in [0.717, 1.165) is 25.3 Å². The van der Waals surface area contributed by atoms with Gasteiger partial charge in [-0.25, -0.2) is 0 Å². The third kappa shape index (κ3) is 4.89. The van der Waals surface area contributed by atoms with E-state index in [4.69, 9.17) is 9.47 Å². The van der Waals surface area contributed by atoms with E-state index in [0.29, 0.717) is 45.0 Å². The molecule has 4 fully saturated rings. The van der Waals surface area contributed by atoms with Crippen molar-refractivity contribution in [3.8, 4) is 5.75 Å². The second-order valence-corrected chi connectivity index (χ2v) is 12.1. The summed E-state index contributed by atoms with van der Waals surface area (Å²) in [6, 6.07) is 5.95. The minimum Gasteiger partial charge on any atom is -0.494 e. The van der Waals surface area contributed by atoms with Crippen LogP contribution in [0.1, 0.15) is 26.7 Å². The fraction of sp³-hybridized carbons (Fsp3) is 0.667. The van der Waals surface area contributed by atoms with Crippen molar-refractivity contribution in [1.82, 2.24) is 15.1 Å². The van der Waals surface area contributed by atoms with E-state index >= 15 is 0 Å². The van der Waals surface area contributed by atoms with Crippen LogP contribution in [-0.4, -0.2) is 107 Å². The Hall–Kier alpha value is -2.34. The maximum atomic E-state index is 13.9. The molecule has 5 rings (SSSR count). The quantitative estimate of drug-likeness (QED) is 0.397. The van der Waals surface area contributed by atoms with Gasteiger partial charge in [-0.3, -0.25) is 19.3 Å². The van der Waals surface area contributed by atoms with Crippen LogP contribution >= 0.6 is 11.8 Å². The molecule has 10 nitrogen and oxygen atoms in total. The first-order chi connectivity index (χ1) is 18.4. The zero-order valence-corrected chi connectivity index (χ0v) is 22.9. The van der Waals surface area contributed by atoms with Gasteiger partial charge in [-0.1, -0.05) is 0 Å². The van der Waals surface area contributed by atoms with Gasteiger partial charge < -0.3 is 30.1 Å². The predicted octanol–water partition coefficient (Wildman–Crippen LogP) is 0.944. The largest absolute Gasteiger partial charge is 0.494 e. The second kappa shape index (κ2) is 11.4. The maximum absolute atomic E-state index is 13.9. The normalized spacial score (nSPS) is 31.2. The van der Waals surface area contributed by atoms with Gasteiger partial charge in [-0.15, -0.1) is 11.8 Å². The van der Waals surface area contributed by atoms with Crippen LogP contribution in [0.4, 0.5) is 5.69 Å². The van der Waals surface area contributed by atoms with Gasteiger partial charge in [-0.2, -0.15) is 0 Å². The van der Waals surface area contributed by atoms with Crippen LogP contribution in [0.5, 0.6) is 5.75 Å². The first-order valence-corrected chi connectivity index (χ1v) is 14.5. The molecular weight excluding hydrogens is 508 g/mol. The topological polar surface area (TPSA) is 120 Å². The zero-order chi connectivity index (χ0) is 26.9. The summed E-state index contributed by atoms with van der Waals surface area (Å²) in [5.74, 6) is -1.01. The summed E-state index contributed by atoms with van der Waals surface area (Å²) in [5, 5.41) is 16.0. The van der Waals surface area contributed by atoms with Crippen LogP contribution in [0, 0.1) is 11.8 Å². The molecule has 208 valence electrons. The summed E-state index contributed by atoms with van der Waals surface area (Å²) in [4.78, 5) is 45.0. The van der Waals surface area contributed by atoms with Gasteiger partial charge in [0.15, 0.2) is 0 Å². The number of likely N-dealkylation sites (tertiary alicyclic amines) is 1. The van der Waals surface area contributed by atoms with Gasteiger partial charge >= 0.3 is 0 Å². The van der Waals surface area contributed by atoms with E-state index in [9.17, 15) is 19.5 Å². The number of aliphatic hydroxyl groups is 1. The molecule has 0 saturated carbocycles. The summed E-state index contributed by atoms with van der Waals surface area (Å²) >= 11 is 1.63. The Balaban J connectivity index is 1.33. The third-order valence-electron chi connectivity index (χ3n) is 8.29. The number of hydrogen-bond donors (Lipinski definition) is 3. The van der Waals surface area contributed by atoms with E-state index in [1.807, 2.05) is 6.92 Å². The van der Waals surface area contributed by atoms with E-state index in [1.54, 1.807) is 47.9 Å². The number of fused-ring (bicyclic) bond motifs is 1. The summed E-state index contributed by atoms with van der Waals surface area (Å²) in [5.41, 5.74) is 0.642. The number of hydrogen-bond acceptors (Lipinski definition) is 8. The SMILES string of the molecule is CCOc1ccc(NC(=O)[C@@H]2[C@H]3C(=O)N([C@H](C)CO)C(C(=O)NCCN4CCOCC4)C34CC[C@H]2S4)cc1. The minimum atomic E-state index is -0.717. The fourth-order valence-corrected chi connectivity index (χ4v) is 8.74. The molecule has 3 amide bonds. The van der Waals surface area contributed by atoms with E-state index in [-0.39, 0.29) is 29.6 Å². The molecule has 38 heavy (non-hydrogen) atoms. The molecule has 6 atom stereocenters. The molecular formula is C27H38N4O6S. The van der Waals surface area contributed by atoms with Crippen LogP contribution in [-0.2, 0) is 19.1 Å². The minimum absolute atomic E-state index is 0.0260. The van der Waals surface area contributed by atoms with Crippen molar-refractivity contribution in [2.75, 3.05) is 57.9 Å². The average Bonchev–Trinajstić information content (AvgIpc) is 3.57. The molecule has 4 saturated heterocycles. The molecule has 4 aliphatic rings. The van der Waals surface area contributed by atoms with Crippen LogP contribution in [0.3, 0.4) is 0 Å². The third-order valence-corrected chi connectivity index (χ3v) is 10.2. The number of morpholine rings is 1. The Kier molecular flexibility index (Phi) is 8.18. The van der Waals surface area contributed by atoms with Gasteiger partial charge in [0, 0.05) is 37.1 Å². The molecule has 11 heteroatoms. The number of aliphatic hydroxyl groups excluding tert-OH is 1. The number of nitrogens with one attached hydrogen (secondary N) is 2. The Morgan fingerprint density at radius 2 is 1.97 bits per heavy atom. The number of carbonyl (C=O) groups is 3. The van der Waals surface area contributed by atoms with Crippen molar-refractivity contribution in [2.24, 2.45) is 11.8 Å². The molecule has 2 bridgehead atoms. The van der Waals surface area contributed by atoms with E-state index in [2.05, 4.69) is 15.5 Å². The molecule has 0 aromatic heterocycles. The highest BCUT2D eigenvalue weighted by atomic mass is 32.2. The molecule has 4 heterocycles. The predicted molar refractivity (Wildman–Crippen MR) is 144 cm³/mol. The van der Waals surface area contributed by atoms with Gasteiger partial charge in [0.05, 0.1) is 49.1 Å². The number of nitrogens with zero attached hydrogens (tertiary/aromatic N) is 2. The highest BCUT2D eigenvalue weighted by Crippen LogP contribution is 2.66. The van der Waals surface area contributed by atoms with Crippen molar-refractivity contribution < 1.29 is 29.0 Å². The molecule has 4 aliphatic heterocycles. The lowest BCUT2D eigenvalue weighted by atomic mass is 9.70. The molecule has 2 unspecified atom stereocenters. The number of rotatable bonds is 10. The number of anilines is 1. The Morgan fingerprint density at radius 1 is 1.24 bits per heavy atom. The monoisotopic (exact) mass is 546 g/mol. The van der Waals surface area contributed by atoms with Crippen LogP contribution in [0.15, 0.2) is 24.3 Å². The molecule has 3 N–H and O–H groups in total. The maximum Gasteiger partial charge on any atom is 0.244 e. The Bertz CT molecular complexity index is 1030. The molecule has 0 radical (unpaired) electrons. The zero-order valence-electron chi connectivity index (χ0n) is 22.1. The van der Waals surface area contributed by atoms with E-state index in [1.165, 1.54) is 0 Å². The van der Waals surface area contributed by atoms with Crippen LogP contribution in [0.25, 0.3) is 0 Å². The van der Waals surface area contributed by atoms with Crippen molar-refractivity contribution in [3.63, 3.8) is 0 Å². The Labute approximate surface area is 227 Å². The summed E-state index contributed by atoms with van der Waals surface area (Å²) in [7, 11) is 0. The summed E-state index contributed by atoms with van der Waals surface area (Å²) < 4.78 is 10.2. The van der Waals surface area contributed by atoms with Crippen molar-refractivity contribution in [2.45, 2.75) is 48.8 Å². The smallest absolute Gasteiger partial charge is 0.244 e. The van der Waals surface area contributed by atoms with Gasteiger partial charge in [0.2, 0.25) is 17.7 Å². The Morgan fingerprint density at radius 3 is 2.66 bits per heavy atom. The number of ether oxygens (including phenoxy) is 2. The molecule has 1 aromatic rings. The summed E-state index contributed by atoms with van der Waals surface area (Å²) in [6.07, 6.45) is 1.47. The van der Waals surface area contributed by atoms with Crippen molar-refractivity contribution >= 4 is 35.2 Å². The number of amides is 3. The lowest BCUT2D eigenvalue weighted by molar-refractivity contribution is -0.141. The van der Waals surface area contributed by atoms with Crippen LogP contribution < -0.4 is 15.4 Å². The van der Waals surface area contributed by atoms with Gasteiger partial charge in [0.1, 0.15) is 11.8 Å². The van der Waals surface area contributed by atoms with Crippen molar-refractivity contribution in [3.05, 3.63) is 24.3 Å². The van der Waals surface area contributed by atoms with E-state index < -0.39 is 28.7 Å². The van der Waals surface area contributed by atoms with Gasteiger partial charge in [-0.05, 0) is 51.0 Å². The first kappa shape index (κ1) is 27.2. The van der Waals surface area contributed by atoms with Crippen molar-refractivity contribution in [1.29, 1.82) is 0 Å².